The maximum atomic E-state index is 8.41. The summed E-state index contributed by atoms with van der Waals surface area (Å²) >= 11 is 0.706. The molecule has 8 heavy (non-hydrogen) atoms. The summed E-state index contributed by atoms with van der Waals surface area (Å²) in [7, 11) is 1.81. The Morgan fingerprint density at radius 3 is 2.88 bits per heavy atom. The summed E-state index contributed by atoms with van der Waals surface area (Å²) in [5.74, 6) is 0. The van der Waals surface area contributed by atoms with Crippen LogP contribution in [-0.4, -0.2) is 14.3 Å². The first-order chi connectivity index (χ1) is 3.83. The van der Waals surface area contributed by atoms with Gasteiger partial charge >= 0.3 is 0 Å². The number of hydrogen-bond donors (Lipinski definition) is 1. The molecule has 0 amide bonds. The smallest absolute Gasteiger partial charge is 0.0730 e. The third-order valence-electron chi connectivity index (χ3n) is 0.787. The van der Waals surface area contributed by atoms with Gasteiger partial charge in [-0.15, -0.1) is 0 Å². The van der Waals surface area contributed by atoms with Gasteiger partial charge in [0, 0.05) is 25.3 Å². The van der Waals surface area contributed by atoms with Crippen molar-refractivity contribution in [1.82, 2.24) is 9.78 Å². The second-order valence-corrected chi connectivity index (χ2v) is 2.09. The lowest BCUT2D eigenvalue weighted by Crippen LogP contribution is -1.83. The first-order valence-corrected chi connectivity index (χ1v) is 2.90. The molecule has 0 spiro atoms. The Hall–Kier alpha value is -0.480. The van der Waals surface area contributed by atoms with Crippen LogP contribution in [0, 0.1) is 0 Å². The number of rotatable bonds is 1. The molecule has 1 heterocycles. The van der Waals surface area contributed by atoms with Gasteiger partial charge in [-0.3, -0.25) is 4.68 Å². The molecular formula is C4H6N2OS. The zero-order valence-electron chi connectivity index (χ0n) is 4.40. The fraction of sp³-hybridized carbons (Fsp3) is 0.250. The van der Waals surface area contributed by atoms with E-state index < -0.39 is 0 Å². The molecule has 0 aromatic carbocycles. The molecule has 0 aliphatic heterocycles. The van der Waals surface area contributed by atoms with Crippen LogP contribution in [0.4, 0.5) is 0 Å². The molecule has 0 bridgehead atoms. The third-order valence-corrected chi connectivity index (χ3v) is 1.21. The molecule has 0 aliphatic rings. The Balaban J connectivity index is 2.84. The van der Waals surface area contributed by atoms with Crippen LogP contribution in [0.3, 0.4) is 0 Å². The Morgan fingerprint density at radius 2 is 2.62 bits per heavy atom. The number of aryl methyl sites for hydroxylation is 1. The molecule has 1 N–H and O–H groups in total. The van der Waals surface area contributed by atoms with Gasteiger partial charge in [0.1, 0.15) is 0 Å². The summed E-state index contributed by atoms with van der Waals surface area (Å²) in [5, 5.41) is 3.82. The van der Waals surface area contributed by atoms with E-state index in [9.17, 15) is 0 Å². The van der Waals surface area contributed by atoms with Crippen molar-refractivity contribution in [1.29, 1.82) is 0 Å². The molecule has 1 aromatic heterocycles. The standard InChI is InChI=1S/C4H6N2OS/c1-6-3-4(8-7)2-5-6/h2-3,7H,1H3. The second kappa shape index (κ2) is 2.19. The molecular weight excluding hydrogens is 124 g/mol. The summed E-state index contributed by atoms with van der Waals surface area (Å²) in [6, 6.07) is 0. The first-order valence-electron chi connectivity index (χ1n) is 2.13. The minimum absolute atomic E-state index is 0.706. The van der Waals surface area contributed by atoms with Gasteiger partial charge in [-0.1, -0.05) is 0 Å². The Labute approximate surface area is 51.5 Å². The number of hydrogen-bond acceptors (Lipinski definition) is 3. The average molecular weight is 130 g/mol. The van der Waals surface area contributed by atoms with E-state index in [0.29, 0.717) is 12.0 Å². The number of aromatic nitrogens is 2. The van der Waals surface area contributed by atoms with E-state index in [1.54, 1.807) is 24.1 Å². The fourth-order valence-corrected chi connectivity index (χ4v) is 0.740. The van der Waals surface area contributed by atoms with Crippen LogP contribution in [0.5, 0.6) is 0 Å². The van der Waals surface area contributed by atoms with Crippen LogP contribution < -0.4 is 0 Å². The molecule has 0 radical (unpaired) electrons. The molecule has 0 saturated carbocycles. The lowest BCUT2D eigenvalue weighted by atomic mass is 10.7. The van der Waals surface area contributed by atoms with E-state index in [1.165, 1.54) is 0 Å². The van der Waals surface area contributed by atoms with Crippen LogP contribution >= 0.6 is 12.0 Å². The highest BCUT2D eigenvalue weighted by molar-refractivity contribution is 7.93. The van der Waals surface area contributed by atoms with Crippen LogP contribution in [0.25, 0.3) is 0 Å². The normalized spacial score (nSPS) is 9.75. The minimum Gasteiger partial charge on any atom is -0.325 e. The molecule has 0 atom stereocenters. The molecule has 1 rings (SSSR count). The highest BCUT2D eigenvalue weighted by Gasteiger charge is 1.90. The molecule has 44 valence electrons. The van der Waals surface area contributed by atoms with Crippen molar-refractivity contribution in [3.05, 3.63) is 12.4 Å². The molecule has 1 aromatic rings. The predicted molar refractivity (Wildman–Crippen MR) is 31.7 cm³/mol. The minimum atomic E-state index is 0.706. The van der Waals surface area contributed by atoms with Gasteiger partial charge in [0.15, 0.2) is 0 Å². The highest BCUT2D eigenvalue weighted by atomic mass is 32.2. The first kappa shape index (κ1) is 5.65. The van der Waals surface area contributed by atoms with Crippen molar-refractivity contribution in [2.24, 2.45) is 7.05 Å². The Bertz CT molecular complexity index is 174. The lowest BCUT2D eigenvalue weighted by Gasteiger charge is -1.80. The van der Waals surface area contributed by atoms with Gasteiger partial charge in [0.05, 0.1) is 11.1 Å². The van der Waals surface area contributed by atoms with E-state index in [1.807, 2.05) is 0 Å². The topological polar surface area (TPSA) is 38.0 Å². The SMILES string of the molecule is Cn1cc(SO)cn1. The molecule has 0 unspecified atom stereocenters. The van der Waals surface area contributed by atoms with E-state index in [2.05, 4.69) is 5.10 Å². The molecule has 0 aliphatic carbocycles. The molecule has 0 saturated heterocycles. The summed E-state index contributed by atoms with van der Waals surface area (Å²) in [5.41, 5.74) is 0. The fourth-order valence-electron chi connectivity index (χ4n) is 0.446. The maximum absolute atomic E-state index is 8.41. The van der Waals surface area contributed by atoms with Crippen LogP contribution in [-0.2, 0) is 7.05 Å². The average Bonchev–Trinajstić information content (AvgIpc) is 2.14. The second-order valence-electron chi connectivity index (χ2n) is 1.44. The van der Waals surface area contributed by atoms with Gasteiger partial charge in [-0.25, -0.2) is 0 Å². The highest BCUT2D eigenvalue weighted by Crippen LogP contribution is 2.09. The van der Waals surface area contributed by atoms with E-state index in [-0.39, 0.29) is 0 Å². The van der Waals surface area contributed by atoms with E-state index >= 15 is 0 Å². The predicted octanol–water partition coefficient (Wildman–Crippen LogP) is 0.985. The largest absolute Gasteiger partial charge is 0.325 e. The van der Waals surface area contributed by atoms with Crippen molar-refractivity contribution in [2.75, 3.05) is 0 Å². The molecule has 4 heteroatoms. The van der Waals surface area contributed by atoms with Crippen LogP contribution in [0.2, 0.25) is 0 Å². The summed E-state index contributed by atoms with van der Waals surface area (Å²) in [6.07, 6.45) is 3.34. The third kappa shape index (κ3) is 1.02. The van der Waals surface area contributed by atoms with Gasteiger partial charge in [-0.2, -0.15) is 5.10 Å². The van der Waals surface area contributed by atoms with Crippen molar-refractivity contribution in [3.8, 4) is 0 Å². The Morgan fingerprint density at radius 1 is 1.88 bits per heavy atom. The van der Waals surface area contributed by atoms with Crippen molar-refractivity contribution in [2.45, 2.75) is 4.90 Å². The summed E-state index contributed by atoms with van der Waals surface area (Å²) < 4.78 is 10.1. The van der Waals surface area contributed by atoms with Crippen LogP contribution in [0.15, 0.2) is 17.3 Å². The Kier molecular flexibility index (Phi) is 1.55. The monoisotopic (exact) mass is 130 g/mol. The van der Waals surface area contributed by atoms with Gasteiger partial charge in [-0.05, 0) is 0 Å². The molecule has 0 fully saturated rings. The van der Waals surface area contributed by atoms with Crippen LogP contribution in [0.1, 0.15) is 0 Å². The lowest BCUT2D eigenvalue weighted by molar-refractivity contribution is 0.663. The summed E-state index contributed by atoms with van der Waals surface area (Å²) in [4.78, 5) is 0.771. The quantitative estimate of drug-likeness (QED) is 0.576. The van der Waals surface area contributed by atoms with Gasteiger partial charge < -0.3 is 4.55 Å². The number of nitrogens with zero attached hydrogens (tertiary/aromatic N) is 2. The summed E-state index contributed by atoms with van der Waals surface area (Å²) in [6.45, 7) is 0. The van der Waals surface area contributed by atoms with E-state index in [4.69, 9.17) is 4.55 Å². The zero-order chi connectivity index (χ0) is 5.98. The molecule has 3 nitrogen and oxygen atoms in total. The van der Waals surface area contributed by atoms with E-state index in [0.717, 1.165) is 4.90 Å². The maximum Gasteiger partial charge on any atom is 0.0730 e. The van der Waals surface area contributed by atoms with Crippen molar-refractivity contribution < 1.29 is 4.55 Å². The van der Waals surface area contributed by atoms with Gasteiger partial charge in [0.2, 0.25) is 0 Å². The zero-order valence-corrected chi connectivity index (χ0v) is 5.22. The van der Waals surface area contributed by atoms with Crippen molar-refractivity contribution >= 4 is 12.0 Å². The van der Waals surface area contributed by atoms with Gasteiger partial charge in [0.25, 0.3) is 0 Å². The van der Waals surface area contributed by atoms with Crippen molar-refractivity contribution in [3.63, 3.8) is 0 Å².